The second-order valence-corrected chi connectivity index (χ2v) is 7.05. The van der Waals surface area contributed by atoms with Gasteiger partial charge in [-0.1, -0.05) is 20.8 Å². The van der Waals surface area contributed by atoms with E-state index < -0.39 is 0 Å². The fraction of sp³-hybridized carbons (Fsp3) is 1.00. The molecule has 0 bridgehead atoms. The molecule has 0 aromatic heterocycles. The predicted octanol–water partition coefficient (Wildman–Crippen LogP) is 2.28. The van der Waals surface area contributed by atoms with Crippen molar-refractivity contribution in [2.45, 2.75) is 64.8 Å². The highest BCUT2D eigenvalue weighted by Gasteiger charge is 2.41. The van der Waals surface area contributed by atoms with Crippen LogP contribution in [-0.2, 0) is 0 Å². The van der Waals surface area contributed by atoms with Crippen molar-refractivity contribution in [1.82, 2.24) is 5.32 Å². The summed E-state index contributed by atoms with van der Waals surface area (Å²) in [6, 6.07) is 0. The number of aliphatic hydroxyl groups excluding tert-OH is 1. The number of nitrogens with one attached hydrogen (secondary N) is 1. The molecule has 0 saturated heterocycles. The van der Waals surface area contributed by atoms with E-state index >= 15 is 0 Å². The molecule has 2 unspecified atom stereocenters. The molecule has 0 amide bonds. The predicted molar refractivity (Wildman–Crippen MR) is 77.5 cm³/mol. The van der Waals surface area contributed by atoms with Crippen molar-refractivity contribution in [3.63, 3.8) is 0 Å². The summed E-state index contributed by atoms with van der Waals surface area (Å²) < 4.78 is 0. The van der Waals surface area contributed by atoms with Crippen molar-refractivity contribution in [1.29, 1.82) is 0 Å². The highest BCUT2D eigenvalue weighted by atomic mass is 16.2. The monoisotopic (exact) mass is 256 g/mol. The second kappa shape index (κ2) is 6.88. The van der Waals surface area contributed by atoms with E-state index in [1.54, 1.807) is 0 Å². The molecular formula is C15H32N2O. The fourth-order valence-electron chi connectivity index (χ4n) is 3.87. The van der Waals surface area contributed by atoms with Crippen LogP contribution in [0.4, 0.5) is 0 Å². The van der Waals surface area contributed by atoms with E-state index in [2.05, 4.69) is 26.1 Å². The SMILES string of the molecule is CC1CC(C)(C)CC(CN)(NCCCCCO)C1. The van der Waals surface area contributed by atoms with Crippen molar-refractivity contribution < 1.29 is 5.11 Å². The van der Waals surface area contributed by atoms with Crippen LogP contribution in [0.25, 0.3) is 0 Å². The summed E-state index contributed by atoms with van der Waals surface area (Å²) in [6.45, 7) is 9.15. The van der Waals surface area contributed by atoms with Crippen molar-refractivity contribution >= 4 is 0 Å². The third kappa shape index (κ3) is 4.87. The fourth-order valence-corrected chi connectivity index (χ4v) is 3.87. The first-order chi connectivity index (χ1) is 8.43. The lowest BCUT2D eigenvalue weighted by Crippen LogP contribution is -2.57. The summed E-state index contributed by atoms with van der Waals surface area (Å²) in [7, 11) is 0. The number of unbranched alkanes of at least 4 members (excludes halogenated alkanes) is 2. The molecule has 4 N–H and O–H groups in total. The Bertz CT molecular complexity index is 243. The molecule has 108 valence electrons. The Morgan fingerprint density at radius 1 is 1.22 bits per heavy atom. The van der Waals surface area contributed by atoms with Gasteiger partial charge in [0.2, 0.25) is 0 Å². The molecule has 1 fully saturated rings. The molecular weight excluding hydrogens is 224 g/mol. The number of rotatable bonds is 7. The van der Waals surface area contributed by atoms with Gasteiger partial charge in [0.25, 0.3) is 0 Å². The molecule has 0 radical (unpaired) electrons. The van der Waals surface area contributed by atoms with E-state index in [9.17, 15) is 0 Å². The van der Waals surface area contributed by atoms with Crippen LogP contribution in [0.3, 0.4) is 0 Å². The Kier molecular flexibility index (Phi) is 6.09. The molecule has 1 saturated carbocycles. The van der Waals surface area contributed by atoms with Gasteiger partial charge in [0.05, 0.1) is 0 Å². The van der Waals surface area contributed by atoms with Crippen molar-refractivity contribution in [2.75, 3.05) is 19.7 Å². The lowest BCUT2D eigenvalue weighted by molar-refractivity contribution is 0.0860. The number of aliphatic hydroxyl groups is 1. The molecule has 0 aromatic carbocycles. The molecule has 2 atom stereocenters. The topological polar surface area (TPSA) is 58.3 Å². The zero-order valence-corrected chi connectivity index (χ0v) is 12.5. The quantitative estimate of drug-likeness (QED) is 0.613. The molecule has 0 heterocycles. The van der Waals surface area contributed by atoms with Gasteiger partial charge in [-0.3, -0.25) is 0 Å². The zero-order chi connectivity index (χ0) is 13.6. The van der Waals surface area contributed by atoms with Gasteiger partial charge >= 0.3 is 0 Å². The summed E-state index contributed by atoms with van der Waals surface area (Å²) in [4.78, 5) is 0. The molecule has 3 heteroatoms. The molecule has 0 spiro atoms. The normalized spacial score (nSPS) is 31.5. The van der Waals surface area contributed by atoms with Gasteiger partial charge in [0, 0.05) is 18.7 Å². The lowest BCUT2D eigenvalue weighted by atomic mass is 9.64. The molecule has 0 aliphatic heterocycles. The first kappa shape index (κ1) is 15.9. The first-order valence-electron chi connectivity index (χ1n) is 7.49. The highest BCUT2D eigenvalue weighted by molar-refractivity contribution is 4.99. The van der Waals surface area contributed by atoms with Crippen LogP contribution in [0.5, 0.6) is 0 Å². The maximum absolute atomic E-state index is 8.77. The Morgan fingerprint density at radius 2 is 1.94 bits per heavy atom. The minimum absolute atomic E-state index is 0.139. The van der Waals surface area contributed by atoms with E-state index in [1.165, 1.54) is 19.3 Å². The van der Waals surface area contributed by atoms with E-state index in [-0.39, 0.29) is 5.54 Å². The van der Waals surface area contributed by atoms with Crippen LogP contribution >= 0.6 is 0 Å². The molecule has 1 rings (SSSR count). The van der Waals surface area contributed by atoms with E-state index in [0.29, 0.717) is 12.0 Å². The van der Waals surface area contributed by atoms with E-state index in [0.717, 1.165) is 38.3 Å². The Balaban J connectivity index is 2.46. The van der Waals surface area contributed by atoms with Gasteiger partial charge < -0.3 is 16.2 Å². The molecule has 0 aromatic rings. The first-order valence-corrected chi connectivity index (χ1v) is 7.49. The molecule has 1 aliphatic rings. The van der Waals surface area contributed by atoms with Crippen molar-refractivity contribution in [3.05, 3.63) is 0 Å². The zero-order valence-electron chi connectivity index (χ0n) is 12.5. The van der Waals surface area contributed by atoms with Gasteiger partial charge in [-0.25, -0.2) is 0 Å². The second-order valence-electron chi connectivity index (χ2n) is 7.05. The van der Waals surface area contributed by atoms with Gasteiger partial charge in [-0.15, -0.1) is 0 Å². The average molecular weight is 256 g/mol. The standard InChI is InChI=1S/C15H32N2O/c1-13-9-14(2,3)11-15(10-13,12-16)17-7-5-4-6-8-18/h13,17-18H,4-12,16H2,1-3H3. The highest BCUT2D eigenvalue weighted by Crippen LogP contribution is 2.43. The summed E-state index contributed by atoms with van der Waals surface area (Å²) in [5.41, 5.74) is 6.60. The van der Waals surface area contributed by atoms with Gasteiger partial charge in [0.1, 0.15) is 0 Å². The Labute approximate surface area is 113 Å². The summed E-state index contributed by atoms with van der Waals surface area (Å²) >= 11 is 0. The maximum atomic E-state index is 8.77. The summed E-state index contributed by atoms with van der Waals surface area (Å²) in [5, 5.41) is 12.5. The Hall–Kier alpha value is -0.120. The van der Waals surface area contributed by atoms with Crippen molar-refractivity contribution in [3.8, 4) is 0 Å². The van der Waals surface area contributed by atoms with Crippen LogP contribution in [-0.4, -0.2) is 30.3 Å². The number of nitrogens with two attached hydrogens (primary N) is 1. The van der Waals surface area contributed by atoms with Gasteiger partial charge in [-0.2, -0.15) is 0 Å². The van der Waals surface area contributed by atoms with E-state index in [1.807, 2.05) is 0 Å². The summed E-state index contributed by atoms with van der Waals surface area (Å²) in [6.07, 6.45) is 6.84. The molecule has 3 nitrogen and oxygen atoms in total. The minimum Gasteiger partial charge on any atom is -0.396 e. The minimum atomic E-state index is 0.139. The molecule has 18 heavy (non-hydrogen) atoms. The van der Waals surface area contributed by atoms with Crippen LogP contribution in [0.1, 0.15) is 59.3 Å². The van der Waals surface area contributed by atoms with Crippen LogP contribution in [0.2, 0.25) is 0 Å². The van der Waals surface area contributed by atoms with Gasteiger partial charge in [-0.05, 0) is 56.4 Å². The third-order valence-electron chi connectivity index (χ3n) is 4.18. The number of hydrogen-bond donors (Lipinski definition) is 3. The maximum Gasteiger partial charge on any atom is 0.0431 e. The van der Waals surface area contributed by atoms with Gasteiger partial charge in [0.15, 0.2) is 0 Å². The summed E-state index contributed by atoms with van der Waals surface area (Å²) in [5.74, 6) is 0.752. The van der Waals surface area contributed by atoms with Crippen LogP contribution in [0, 0.1) is 11.3 Å². The third-order valence-corrected chi connectivity index (χ3v) is 4.18. The molecule has 1 aliphatic carbocycles. The average Bonchev–Trinajstić information content (AvgIpc) is 2.26. The number of hydrogen-bond acceptors (Lipinski definition) is 3. The van der Waals surface area contributed by atoms with Crippen molar-refractivity contribution in [2.24, 2.45) is 17.1 Å². The largest absolute Gasteiger partial charge is 0.396 e. The lowest BCUT2D eigenvalue weighted by Gasteiger charge is -2.48. The van der Waals surface area contributed by atoms with E-state index in [4.69, 9.17) is 10.8 Å². The smallest absolute Gasteiger partial charge is 0.0431 e. The van der Waals surface area contributed by atoms with Crippen LogP contribution < -0.4 is 11.1 Å². The van der Waals surface area contributed by atoms with Crippen LogP contribution in [0.15, 0.2) is 0 Å². The Morgan fingerprint density at radius 3 is 2.50 bits per heavy atom.